The Kier molecular flexibility index (Phi) is 5.38. The van der Waals surface area contributed by atoms with Crippen molar-refractivity contribution in [2.45, 2.75) is 71.9 Å². The van der Waals surface area contributed by atoms with Crippen LogP contribution in [0.15, 0.2) is 30.3 Å². The fraction of sp³-hybridized carbons (Fsp3) is 0.556. The highest BCUT2D eigenvalue weighted by molar-refractivity contribution is 5.42. The quantitative estimate of drug-likeness (QED) is 0.632. The van der Waals surface area contributed by atoms with Gasteiger partial charge in [0.25, 0.3) is 0 Å². The van der Waals surface area contributed by atoms with E-state index < -0.39 is 0 Å². The molecular weight excluding hydrogens is 354 g/mol. The van der Waals surface area contributed by atoms with Gasteiger partial charge in [-0.3, -0.25) is 4.90 Å². The Labute approximate surface area is 177 Å². The summed E-state index contributed by atoms with van der Waals surface area (Å²) < 4.78 is 6.81. The van der Waals surface area contributed by atoms with E-state index in [0.29, 0.717) is 17.9 Å². The molecule has 0 bridgehead atoms. The van der Waals surface area contributed by atoms with Crippen LogP contribution in [0.3, 0.4) is 0 Å². The van der Waals surface area contributed by atoms with Gasteiger partial charge in [-0.15, -0.1) is 0 Å². The summed E-state index contributed by atoms with van der Waals surface area (Å²) in [6.07, 6.45) is 2.21. The molecule has 2 aliphatic heterocycles. The topological polar surface area (TPSA) is 12.5 Å². The standard InChI is InChI=1S/C27H37NO/c1-8-22-11-19(4)21(6)25(13-22)24-14-27(29-16-24)20(5)15-28(7)26(27)23-10-9-17(2)18(3)12-23/h9-13,20,24,26H,8,14-16H2,1-7H3. The van der Waals surface area contributed by atoms with Crippen LogP contribution in [0.4, 0.5) is 0 Å². The zero-order chi connectivity index (χ0) is 20.9. The van der Waals surface area contributed by atoms with E-state index in [9.17, 15) is 0 Å². The van der Waals surface area contributed by atoms with Crippen LogP contribution >= 0.6 is 0 Å². The summed E-state index contributed by atoms with van der Waals surface area (Å²) in [7, 11) is 2.27. The second kappa shape index (κ2) is 7.56. The molecule has 2 aromatic rings. The molecule has 2 saturated heterocycles. The Bertz CT molecular complexity index is 917. The Hall–Kier alpha value is -1.64. The molecule has 2 heteroatoms. The van der Waals surface area contributed by atoms with Gasteiger partial charge in [0.1, 0.15) is 0 Å². The molecule has 2 heterocycles. The Morgan fingerprint density at radius 1 is 1.03 bits per heavy atom. The molecule has 0 aromatic heterocycles. The van der Waals surface area contributed by atoms with Crippen molar-refractivity contribution in [2.75, 3.05) is 20.2 Å². The number of hydrogen-bond donors (Lipinski definition) is 0. The number of aryl methyl sites for hydroxylation is 4. The van der Waals surface area contributed by atoms with Gasteiger partial charge in [-0.1, -0.05) is 44.2 Å². The largest absolute Gasteiger partial charge is 0.372 e. The molecule has 156 valence electrons. The lowest BCUT2D eigenvalue weighted by atomic mass is 9.76. The van der Waals surface area contributed by atoms with Crippen LogP contribution in [0.1, 0.15) is 71.2 Å². The second-order valence-electron chi connectivity index (χ2n) is 9.73. The molecule has 0 aliphatic carbocycles. The van der Waals surface area contributed by atoms with Crippen LogP contribution in [0, 0.1) is 33.6 Å². The third kappa shape index (κ3) is 3.35. The minimum atomic E-state index is -0.0936. The first-order valence-electron chi connectivity index (χ1n) is 11.3. The van der Waals surface area contributed by atoms with Gasteiger partial charge in [-0.05, 0) is 92.4 Å². The van der Waals surface area contributed by atoms with Crippen molar-refractivity contribution in [2.24, 2.45) is 5.92 Å². The van der Waals surface area contributed by atoms with Crippen molar-refractivity contribution in [1.82, 2.24) is 4.90 Å². The first-order valence-corrected chi connectivity index (χ1v) is 11.3. The molecule has 1 spiro atoms. The molecule has 0 amide bonds. The Balaban J connectivity index is 1.72. The van der Waals surface area contributed by atoms with Gasteiger partial charge < -0.3 is 4.74 Å². The van der Waals surface area contributed by atoms with E-state index >= 15 is 0 Å². The summed E-state index contributed by atoms with van der Waals surface area (Å²) >= 11 is 0. The highest BCUT2D eigenvalue weighted by Gasteiger charge is 2.56. The van der Waals surface area contributed by atoms with Crippen molar-refractivity contribution in [3.05, 3.63) is 69.3 Å². The van der Waals surface area contributed by atoms with Gasteiger partial charge in [-0.25, -0.2) is 0 Å². The summed E-state index contributed by atoms with van der Waals surface area (Å²) in [5.74, 6) is 1.02. The van der Waals surface area contributed by atoms with Gasteiger partial charge in [0, 0.05) is 12.5 Å². The van der Waals surface area contributed by atoms with Gasteiger partial charge in [0.15, 0.2) is 0 Å². The van der Waals surface area contributed by atoms with Crippen LogP contribution in [-0.2, 0) is 11.2 Å². The van der Waals surface area contributed by atoms with Crippen molar-refractivity contribution in [3.63, 3.8) is 0 Å². The van der Waals surface area contributed by atoms with Crippen molar-refractivity contribution in [3.8, 4) is 0 Å². The van der Waals surface area contributed by atoms with Gasteiger partial charge in [0.2, 0.25) is 0 Å². The molecule has 4 unspecified atom stereocenters. The Morgan fingerprint density at radius 2 is 1.79 bits per heavy atom. The van der Waals surface area contributed by atoms with Crippen LogP contribution < -0.4 is 0 Å². The Morgan fingerprint density at radius 3 is 2.48 bits per heavy atom. The smallest absolute Gasteiger partial charge is 0.0922 e. The summed E-state index contributed by atoms with van der Waals surface area (Å²) in [5, 5.41) is 0. The third-order valence-corrected chi connectivity index (χ3v) is 7.88. The van der Waals surface area contributed by atoms with Gasteiger partial charge in [0.05, 0.1) is 18.2 Å². The molecular formula is C27H37NO. The molecule has 2 fully saturated rings. The second-order valence-corrected chi connectivity index (χ2v) is 9.73. The predicted octanol–water partition coefficient (Wildman–Crippen LogP) is 6.05. The van der Waals surface area contributed by atoms with Gasteiger partial charge >= 0.3 is 0 Å². The van der Waals surface area contributed by atoms with Crippen LogP contribution in [-0.4, -0.2) is 30.7 Å². The van der Waals surface area contributed by atoms with E-state index in [2.05, 4.69) is 83.8 Å². The lowest BCUT2D eigenvalue weighted by Gasteiger charge is -2.36. The number of nitrogens with zero attached hydrogens (tertiary/aromatic N) is 1. The van der Waals surface area contributed by atoms with E-state index in [0.717, 1.165) is 26.0 Å². The molecule has 0 N–H and O–H groups in total. The number of hydrogen-bond acceptors (Lipinski definition) is 2. The van der Waals surface area contributed by atoms with Gasteiger partial charge in [-0.2, -0.15) is 0 Å². The minimum Gasteiger partial charge on any atom is -0.372 e. The predicted molar refractivity (Wildman–Crippen MR) is 122 cm³/mol. The maximum atomic E-state index is 6.81. The number of likely N-dealkylation sites (N-methyl/N-ethyl adjacent to an activating group) is 1. The molecule has 4 atom stereocenters. The fourth-order valence-electron chi connectivity index (χ4n) is 5.89. The summed E-state index contributed by atoms with van der Waals surface area (Å²) in [5.41, 5.74) is 9.90. The number of rotatable bonds is 3. The van der Waals surface area contributed by atoms with E-state index in [1.807, 2.05) is 0 Å². The van der Waals surface area contributed by atoms with Crippen molar-refractivity contribution in [1.29, 1.82) is 0 Å². The highest BCUT2D eigenvalue weighted by atomic mass is 16.5. The van der Waals surface area contributed by atoms with Crippen molar-refractivity contribution < 1.29 is 4.74 Å². The molecule has 29 heavy (non-hydrogen) atoms. The van der Waals surface area contributed by atoms with Crippen molar-refractivity contribution >= 4 is 0 Å². The fourth-order valence-corrected chi connectivity index (χ4v) is 5.89. The highest BCUT2D eigenvalue weighted by Crippen LogP contribution is 2.54. The molecule has 0 radical (unpaired) electrons. The monoisotopic (exact) mass is 391 g/mol. The van der Waals surface area contributed by atoms with Crippen LogP contribution in [0.25, 0.3) is 0 Å². The van der Waals surface area contributed by atoms with Crippen LogP contribution in [0.2, 0.25) is 0 Å². The molecule has 2 aromatic carbocycles. The summed E-state index contributed by atoms with van der Waals surface area (Å²) in [6, 6.07) is 12.1. The third-order valence-electron chi connectivity index (χ3n) is 7.88. The summed E-state index contributed by atoms with van der Waals surface area (Å²) in [6.45, 7) is 15.6. The van der Waals surface area contributed by atoms with E-state index in [1.54, 1.807) is 0 Å². The van der Waals surface area contributed by atoms with E-state index in [-0.39, 0.29) is 5.60 Å². The average Bonchev–Trinajstić information content (AvgIpc) is 3.22. The minimum absolute atomic E-state index is 0.0936. The maximum Gasteiger partial charge on any atom is 0.0922 e. The van der Waals surface area contributed by atoms with Crippen LogP contribution in [0.5, 0.6) is 0 Å². The molecule has 2 aliphatic rings. The maximum absolute atomic E-state index is 6.81. The molecule has 2 nitrogen and oxygen atoms in total. The zero-order valence-corrected chi connectivity index (χ0v) is 19.3. The number of benzene rings is 2. The zero-order valence-electron chi connectivity index (χ0n) is 19.3. The lowest BCUT2D eigenvalue weighted by molar-refractivity contribution is -0.0448. The SMILES string of the molecule is CCc1cc(C)c(C)c(C2COC3(C2)C(C)CN(C)C3c2ccc(C)c(C)c2)c1. The first-order chi connectivity index (χ1) is 13.8. The number of likely N-dealkylation sites (tertiary alicyclic amines) is 1. The lowest BCUT2D eigenvalue weighted by Crippen LogP contribution is -2.39. The van der Waals surface area contributed by atoms with E-state index in [1.165, 1.54) is 38.9 Å². The summed E-state index contributed by atoms with van der Waals surface area (Å²) in [4.78, 5) is 2.53. The normalized spacial score (nSPS) is 29.8. The molecule has 4 rings (SSSR count). The van der Waals surface area contributed by atoms with E-state index in [4.69, 9.17) is 4.74 Å². The molecule has 0 saturated carbocycles. The number of ether oxygens (including phenoxy) is 1. The first kappa shape index (κ1) is 20.6. The average molecular weight is 392 g/mol.